The zero-order valence-corrected chi connectivity index (χ0v) is 28.2. The van der Waals surface area contributed by atoms with Gasteiger partial charge in [-0.3, -0.25) is 0 Å². The number of benzene rings is 8. The van der Waals surface area contributed by atoms with Crippen molar-refractivity contribution < 1.29 is 0 Å². The van der Waals surface area contributed by atoms with Gasteiger partial charge in [0.1, 0.15) is 0 Å². The first-order valence-corrected chi connectivity index (χ1v) is 18.1. The summed E-state index contributed by atoms with van der Waals surface area (Å²) in [4.78, 5) is 4.98. The first-order chi connectivity index (χ1) is 25.8. The molecule has 2 aliphatic rings. The predicted molar refractivity (Wildman–Crippen MR) is 221 cm³/mol. The van der Waals surface area contributed by atoms with Crippen LogP contribution in [-0.4, -0.2) is 11.1 Å². The molecule has 0 radical (unpaired) electrons. The van der Waals surface area contributed by atoms with E-state index >= 15 is 0 Å². The van der Waals surface area contributed by atoms with E-state index in [0.717, 1.165) is 11.4 Å². The Morgan fingerprint density at radius 2 is 0.769 bits per heavy atom. The standard InChI is InChI=1S/C48H30BN3/c1-3-15-33(16-4-1)50-43-25-13-9-21-39(43)49-40-22-10-14-26-44(40)51(34-17-5-2-6-18-34)46-30-32(29-45(50)47(46)49)31-27-37-35-19-7-11-23-41(35)52-42-24-12-8-20-36(42)38(28-31)48(37)52/h1-30H. The quantitative estimate of drug-likeness (QED) is 0.175. The molecule has 0 spiro atoms. The lowest BCUT2D eigenvalue weighted by Crippen LogP contribution is -2.61. The molecule has 0 atom stereocenters. The van der Waals surface area contributed by atoms with Gasteiger partial charge in [0.05, 0.1) is 16.6 Å². The molecular formula is C48H30BN3. The summed E-state index contributed by atoms with van der Waals surface area (Å²) in [5.41, 5.74) is 17.4. The van der Waals surface area contributed by atoms with E-state index in [1.165, 1.54) is 88.4 Å². The second-order valence-corrected chi connectivity index (χ2v) is 14.1. The van der Waals surface area contributed by atoms with Crippen LogP contribution in [0.3, 0.4) is 0 Å². The Kier molecular flexibility index (Phi) is 5.58. The normalized spacial score (nSPS) is 13.3. The number of hydrogen-bond donors (Lipinski definition) is 0. The van der Waals surface area contributed by atoms with Crippen molar-refractivity contribution in [2.24, 2.45) is 0 Å². The van der Waals surface area contributed by atoms with Gasteiger partial charge in [-0.25, -0.2) is 0 Å². The van der Waals surface area contributed by atoms with Crippen LogP contribution in [0.25, 0.3) is 49.2 Å². The third-order valence-electron chi connectivity index (χ3n) is 11.5. The van der Waals surface area contributed by atoms with Crippen molar-refractivity contribution in [1.29, 1.82) is 0 Å². The maximum Gasteiger partial charge on any atom is 0.252 e. The van der Waals surface area contributed by atoms with Gasteiger partial charge < -0.3 is 14.2 Å². The molecule has 0 fully saturated rings. The van der Waals surface area contributed by atoms with E-state index < -0.39 is 0 Å². The Morgan fingerprint density at radius 3 is 1.29 bits per heavy atom. The zero-order valence-electron chi connectivity index (χ0n) is 28.2. The highest BCUT2D eigenvalue weighted by Gasteiger charge is 2.43. The Hall–Kier alpha value is -6.78. The van der Waals surface area contributed by atoms with E-state index in [-0.39, 0.29) is 6.71 Å². The largest absolute Gasteiger partial charge is 0.311 e. The lowest BCUT2D eigenvalue weighted by atomic mass is 9.33. The summed E-state index contributed by atoms with van der Waals surface area (Å²) in [5.74, 6) is 0. The minimum absolute atomic E-state index is 0.0938. The van der Waals surface area contributed by atoms with Crippen LogP contribution in [0.15, 0.2) is 182 Å². The fourth-order valence-corrected chi connectivity index (χ4v) is 9.39. The SMILES string of the molecule is c1ccc(N2c3ccccc3B3c4ccccc4N(c4ccccc4)c4cc(-c5cc6c7ccccc7n7c8ccccc8c(c5)c67)cc2c43)cc1. The summed E-state index contributed by atoms with van der Waals surface area (Å²) < 4.78 is 2.46. The maximum atomic E-state index is 2.49. The van der Waals surface area contributed by atoms with Crippen LogP contribution >= 0.6 is 0 Å². The van der Waals surface area contributed by atoms with Gasteiger partial charge in [-0.15, -0.1) is 0 Å². The van der Waals surface area contributed by atoms with Gasteiger partial charge >= 0.3 is 0 Å². The van der Waals surface area contributed by atoms with Gasteiger partial charge in [0.25, 0.3) is 6.71 Å². The summed E-state index contributed by atoms with van der Waals surface area (Å²) in [6, 6.07) is 67.2. The highest BCUT2D eigenvalue weighted by Crippen LogP contribution is 2.47. The highest BCUT2D eigenvalue weighted by atomic mass is 15.2. The second-order valence-electron chi connectivity index (χ2n) is 14.1. The monoisotopic (exact) mass is 659 g/mol. The summed E-state index contributed by atoms with van der Waals surface area (Å²) in [6.45, 7) is 0.0938. The Morgan fingerprint density at radius 1 is 0.346 bits per heavy atom. The molecular weight excluding hydrogens is 629 g/mol. The molecule has 0 amide bonds. The van der Waals surface area contributed by atoms with Gasteiger partial charge in [-0.2, -0.15) is 0 Å². The molecule has 8 aromatic carbocycles. The third-order valence-corrected chi connectivity index (χ3v) is 11.5. The van der Waals surface area contributed by atoms with E-state index in [1.807, 2.05) is 0 Å². The molecule has 3 nitrogen and oxygen atoms in total. The summed E-state index contributed by atoms with van der Waals surface area (Å²) in [5, 5.41) is 5.15. The van der Waals surface area contributed by atoms with Gasteiger partial charge in [0.15, 0.2) is 0 Å². The van der Waals surface area contributed by atoms with Crippen molar-refractivity contribution in [3.8, 4) is 11.1 Å². The molecule has 12 rings (SSSR count). The molecule has 52 heavy (non-hydrogen) atoms. The predicted octanol–water partition coefficient (Wildman–Crippen LogP) is 10.6. The number of anilines is 6. The molecule has 0 saturated heterocycles. The smallest absolute Gasteiger partial charge is 0.252 e. The first-order valence-electron chi connectivity index (χ1n) is 18.1. The molecule has 4 heterocycles. The fraction of sp³-hybridized carbons (Fsp3) is 0. The Balaban J connectivity index is 1.22. The van der Waals surface area contributed by atoms with Crippen molar-refractivity contribution in [2.45, 2.75) is 0 Å². The number of para-hydroxylation sites is 6. The number of fused-ring (bicyclic) bond motifs is 10. The molecule has 4 heteroatoms. The summed E-state index contributed by atoms with van der Waals surface area (Å²) in [6.07, 6.45) is 0. The van der Waals surface area contributed by atoms with Crippen LogP contribution in [-0.2, 0) is 0 Å². The van der Waals surface area contributed by atoms with E-state index in [4.69, 9.17) is 0 Å². The van der Waals surface area contributed by atoms with Gasteiger partial charge in [0, 0.05) is 55.7 Å². The van der Waals surface area contributed by atoms with E-state index in [9.17, 15) is 0 Å². The minimum atomic E-state index is 0.0938. The number of hydrogen-bond acceptors (Lipinski definition) is 2. The lowest BCUT2D eigenvalue weighted by Gasteiger charge is -2.44. The van der Waals surface area contributed by atoms with Crippen LogP contribution in [0.2, 0.25) is 0 Å². The van der Waals surface area contributed by atoms with E-state index in [2.05, 4.69) is 196 Å². The first kappa shape index (κ1) is 28.0. The number of nitrogens with zero attached hydrogens (tertiary/aromatic N) is 3. The molecule has 2 aliphatic heterocycles. The van der Waals surface area contributed by atoms with Gasteiger partial charge in [-0.1, -0.05) is 109 Å². The Bertz CT molecular complexity index is 2840. The van der Waals surface area contributed by atoms with Gasteiger partial charge in [0.2, 0.25) is 0 Å². The van der Waals surface area contributed by atoms with Crippen LogP contribution in [0.4, 0.5) is 34.1 Å². The van der Waals surface area contributed by atoms with Crippen LogP contribution in [0.1, 0.15) is 0 Å². The summed E-state index contributed by atoms with van der Waals surface area (Å²) >= 11 is 0. The van der Waals surface area contributed by atoms with Crippen molar-refractivity contribution >= 4 is 95.3 Å². The second kappa shape index (κ2) is 10.4. The molecule has 240 valence electrons. The van der Waals surface area contributed by atoms with Crippen molar-refractivity contribution in [3.05, 3.63) is 182 Å². The average Bonchev–Trinajstić information content (AvgIpc) is 3.73. The van der Waals surface area contributed by atoms with Gasteiger partial charge in [-0.05, 0) is 100 Å². The molecule has 0 saturated carbocycles. The molecule has 0 aliphatic carbocycles. The van der Waals surface area contributed by atoms with Crippen LogP contribution in [0, 0.1) is 0 Å². The van der Waals surface area contributed by atoms with Crippen LogP contribution in [0.5, 0.6) is 0 Å². The third kappa shape index (κ3) is 3.65. The zero-order chi connectivity index (χ0) is 33.9. The fourth-order valence-electron chi connectivity index (χ4n) is 9.39. The number of rotatable bonds is 3. The average molecular weight is 660 g/mol. The molecule has 0 N–H and O–H groups in total. The minimum Gasteiger partial charge on any atom is -0.311 e. The van der Waals surface area contributed by atoms with Crippen molar-refractivity contribution in [1.82, 2.24) is 4.40 Å². The molecule has 0 unspecified atom stereocenters. The van der Waals surface area contributed by atoms with Crippen molar-refractivity contribution in [3.63, 3.8) is 0 Å². The van der Waals surface area contributed by atoms with E-state index in [0.29, 0.717) is 0 Å². The van der Waals surface area contributed by atoms with E-state index in [1.54, 1.807) is 0 Å². The highest BCUT2D eigenvalue weighted by molar-refractivity contribution is 7.00. The van der Waals surface area contributed by atoms with Crippen LogP contribution < -0.4 is 26.2 Å². The van der Waals surface area contributed by atoms with Crippen molar-refractivity contribution in [2.75, 3.05) is 9.80 Å². The number of aromatic nitrogens is 1. The molecule has 10 aromatic rings. The molecule has 2 aromatic heterocycles. The maximum absolute atomic E-state index is 2.49. The Labute approximate surface area is 301 Å². The summed E-state index contributed by atoms with van der Waals surface area (Å²) in [7, 11) is 0. The topological polar surface area (TPSA) is 10.9 Å². The molecule has 0 bridgehead atoms. The lowest BCUT2D eigenvalue weighted by molar-refractivity contribution is 1.25.